The summed E-state index contributed by atoms with van der Waals surface area (Å²) in [6.07, 6.45) is 9.38. The van der Waals surface area contributed by atoms with E-state index in [2.05, 4.69) is 32.1 Å². The number of anilines is 1. The zero-order valence-corrected chi connectivity index (χ0v) is 11.4. The van der Waals surface area contributed by atoms with Gasteiger partial charge in [-0.05, 0) is 29.9 Å². The summed E-state index contributed by atoms with van der Waals surface area (Å²) in [5.41, 5.74) is 1.02. The second-order valence-electron chi connectivity index (χ2n) is 5.98. The molecule has 0 N–H and O–H groups in total. The van der Waals surface area contributed by atoms with Gasteiger partial charge in [0.2, 0.25) is 5.91 Å². The third-order valence-electron chi connectivity index (χ3n) is 4.26. The van der Waals surface area contributed by atoms with E-state index < -0.39 is 0 Å². The van der Waals surface area contributed by atoms with Crippen molar-refractivity contribution in [2.45, 2.75) is 20.3 Å². The number of rotatable bonds is 1. The first-order valence-electron chi connectivity index (χ1n) is 6.84. The third kappa shape index (κ3) is 2.01. The van der Waals surface area contributed by atoms with Gasteiger partial charge >= 0.3 is 0 Å². The minimum atomic E-state index is 0.0673. The first-order chi connectivity index (χ1) is 9.09. The van der Waals surface area contributed by atoms with E-state index in [0.29, 0.717) is 5.92 Å². The van der Waals surface area contributed by atoms with E-state index in [4.69, 9.17) is 0 Å². The molecule has 1 aromatic rings. The first kappa shape index (κ1) is 12.2. The zero-order valence-electron chi connectivity index (χ0n) is 11.4. The maximum Gasteiger partial charge on any atom is 0.235 e. The smallest absolute Gasteiger partial charge is 0.235 e. The van der Waals surface area contributed by atoms with E-state index in [9.17, 15) is 4.79 Å². The molecule has 1 aromatic carbocycles. The molecule has 2 heteroatoms. The number of para-hydroxylation sites is 1. The second kappa shape index (κ2) is 4.37. The predicted octanol–water partition coefficient (Wildman–Crippen LogP) is 3.77. The maximum absolute atomic E-state index is 12.7. The normalized spacial score (nSPS) is 28.3. The highest BCUT2D eigenvalue weighted by atomic mass is 16.2. The molecule has 0 unspecified atom stereocenters. The van der Waals surface area contributed by atoms with Gasteiger partial charge in [-0.25, -0.2) is 0 Å². The van der Waals surface area contributed by atoms with E-state index in [1.54, 1.807) is 4.90 Å². The maximum atomic E-state index is 12.7. The van der Waals surface area contributed by atoms with Crippen LogP contribution in [0, 0.1) is 17.3 Å². The fourth-order valence-electron chi connectivity index (χ4n) is 3.16. The van der Waals surface area contributed by atoms with Gasteiger partial charge in [-0.3, -0.25) is 9.69 Å². The van der Waals surface area contributed by atoms with Gasteiger partial charge in [0.25, 0.3) is 0 Å². The van der Waals surface area contributed by atoms with Crippen molar-refractivity contribution in [2.75, 3.05) is 4.90 Å². The minimum absolute atomic E-state index is 0.0673. The van der Waals surface area contributed by atoms with E-state index >= 15 is 0 Å². The van der Waals surface area contributed by atoms with E-state index in [1.165, 1.54) is 0 Å². The lowest BCUT2D eigenvalue weighted by molar-refractivity contribution is -0.124. The van der Waals surface area contributed by atoms with Gasteiger partial charge in [-0.15, -0.1) is 0 Å². The molecule has 2 aliphatic rings. The summed E-state index contributed by atoms with van der Waals surface area (Å²) in [6, 6.07) is 9.86. The van der Waals surface area contributed by atoms with Crippen molar-refractivity contribution >= 4 is 11.6 Å². The average Bonchev–Trinajstić information content (AvgIpc) is 2.40. The van der Waals surface area contributed by atoms with Crippen molar-refractivity contribution in [2.24, 2.45) is 17.3 Å². The molecular formula is C17H19NO. The Hall–Kier alpha value is -1.83. The van der Waals surface area contributed by atoms with Crippen LogP contribution in [0.25, 0.3) is 0 Å². The van der Waals surface area contributed by atoms with E-state index in [-0.39, 0.29) is 17.2 Å². The lowest BCUT2D eigenvalue weighted by atomic mass is 9.66. The van der Waals surface area contributed by atoms with Crippen LogP contribution >= 0.6 is 0 Å². The van der Waals surface area contributed by atoms with Gasteiger partial charge in [-0.1, -0.05) is 50.3 Å². The molecule has 98 valence electrons. The van der Waals surface area contributed by atoms with Gasteiger partial charge in [0.15, 0.2) is 0 Å². The van der Waals surface area contributed by atoms with Crippen molar-refractivity contribution in [3.05, 3.63) is 54.8 Å². The third-order valence-corrected chi connectivity index (χ3v) is 4.26. The molecule has 1 aliphatic heterocycles. The Morgan fingerprint density at radius 1 is 1.21 bits per heavy atom. The van der Waals surface area contributed by atoms with Crippen LogP contribution in [0.5, 0.6) is 0 Å². The summed E-state index contributed by atoms with van der Waals surface area (Å²) >= 11 is 0. The predicted molar refractivity (Wildman–Crippen MR) is 77.6 cm³/mol. The molecule has 0 saturated carbocycles. The molecule has 1 aliphatic carbocycles. The van der Waals surface area contributed by atoms with Gasteiger partial charge < -0.3 is 0 Å². The van der Waals surface area contributed by atoms with Crippen LogP contribution in [0.15, 0.2) is 54.8 Å². The fourth-order valence-corrected chi connectivity index (χ4v) is 3.16. The molecule has 0 spiro atoms. The molecule has 0 fully saturated rings. The Kier molecular flexibility index (Phi) is 2.81. The number of benzene rings is 1. The van der Waals surface area contributed by atoms with Gasteiger partial charge in [0.05, 0.1) is 0 Å². The molecule has 0 aromatic heterocycles. The summed E-state index contributed by atoms with van der Waals surface area (Å²) in [4.78, 5) is 14.5. The minimum Gasteiger partial charge on any atom is -0.288 e. The van der Waals surface area contributed by atoms with Crippen LogP contribution in [0.1, 0.15) is 20.3 Å². The Balaban J connectivity index is 1.96. The number of nitrogens with zero attached hydrogens (tertiary/aromatic N) is 1. The number of carbonyl (C=O) groups excluding carboxylic acids is 1. The first-order valence-corrected chi connectivity index (χ1v) is 6.84. The number of hydrogen-bond acceptors (Lipinski definition) is 1. The van der Waals surface area contributed by atoms with Crippen molar-refractivity contribution in [1.29, 1.82) is 0 Å². The second-order valence-corrected chi connectivity index (χ2v) is 5.98. The number of carbonyl (C=O) groups is 1. The Bertz CT molecular complexity index is 542. The lowest BCUT2D eigenvalue weighted by Crippen LogP contribution is -2.44. The van der Waals surface area contributed by atoms with Crippen LogP contribution in [0.2, 0.25) is 0 Å². The van der Waals surface area contributed by atoms with Crippen molar-refractivity contribution in [3.8, 4) is 0 Å². The van der Waals surface area contributed by atoms with Gasteiger partial charge in [0.1, 0.15) is 0 Å². The summed E-state index contributed by atoms with van der Waals surface area (Å²) in [7, 11) is 0. The number of fused-ring (bicyclic) bond motifs is 1. The van der Waals surface area contributed by atoms with Crippen LogP contribution in [-0.4, -0.2) is 5.91 Å². The Morgan fingerprint density at radius 2 is 1.95 bits per heavy atom. The largest absolute Gasteiger partial charge is 0.288 e. The Morgan fingerprint density at radius 3 is 2.68 bits per heavy atom. The Labute approximate surface area is 114 Å². The fraction of sp³-hybridized carbons (Fsp3) is 0.353. The quantitative estimate of drug-likeness (QED) is 0.698. The monoisotopic (exact) mass is 253 g/mol. The highest BCUT2D eigenvalue weighted by Crippen LogP contribution is 2.44. The number of hydrogen-bond donors (Lipinski definition) is 0. The highest BCUT2D eigenvalue weighted by molar-refractivity contribution is 5.98. The summed E-state index contributed by atoms with van der Waals surface area (Å²) < 4.78 is 0. The van der Waals surface area contributed by atoms with Crippen LogP contribution in [0.3, 0.4) is 0 Å². The summed E-state index contributed by atoms with van der Waals surface area (Å²) in [6.45, 7) is 4.41. The van der Waals surface area contributed by atoms with Crippen LogP contribution < -0.4 is 4.90 Å². The molecule has 1 amide bonds. The summed E-state index contributed by atoms with van der Waals surface area (Å²) in [5, 5.41) is 0. The average molecular weight is 253 g/mol. The molecule has 0 bridgehead atoms. The highest BCUT2D eigenvalue weighted by Gasteiger charge is 2.42. The van der Waals surface area contributed by atoms with Crippen molar-refractivity contribution in [1.82, 2.24) is 0 Å². The van der Waals surface area contributed by atoms with Crippen LogP contribution in [-0.2, 0) is 4.79 Å². The standard InChI is InChI=1S/C17H19NO/c1-17(2)11-6-9-14-15(17)10-12-18(16(14)19)13-7-4-3-5-8-13/h3-8,10-12,14-15H,9H2,1-2H3/t14-,15+/m0/s1. The molecule has 19 heavy (non-hydrogen) atoms. The van der Waals surface area contributed by atoms with Gasteiger partial charge in [-0.2, -0.15) is 0 Å². The molecule has 0 saturated heterocycles. The molecule has 2 nitrogen and oxygen atoms in total. The number of amides is 1. The lowest BCUT2D eigenvalue weighted by Gasteiger charge is -2.42. The molecular weight excluding hydrogens is 234 g/mol. The van der Waals surface area contributed by atoms with Crippen LogP contribution in [0.4, 0.5) is 5.69 Å². The number of allylic oxidation sites excluding steroid dienone is 3. The van der Waals surface area contributed by atoms with Crippen molar-refractivity contribution < 1.29 is 4.79 Å². The van der Waals surface area contributed by atoms with Crippen molar-refractivity contribution in [3.63, 3.8) is 0 Å². The topological polar surface area (TPSA) is 20.3 Å². The SMILES string of the molecule is CC1(C)C=CC[C@@H]2C(=O)N(c3ccccc3)C=C[C@H]21. The zero-order chi connectivity index (χ0) is 13.5. The van der Waals surface area contributed by atoms with E-state index in [1.807, 2.05) is 36.5 Å². The van der Waals surface area contributed by atoms with E-state index in [0.717, 1.165) is 12.1 Å². The molecule has 1 heterocycles. The summed E-state index contributed by atoms with van der Waals surface area (Å²) in [5.74, 6) is 0.603. The molecule has 3 rings (SSSR count). The molecule has 2 atom stereocenters. The molecule has 0 radical (unpaired) electrons. The van der Waals surface area contributed by atoms with Gasteiger partial charge in [0, 0.05) is 17.8 Å².